The highest BCUT2D eigenvalue weighted by Gasteiger charge is 2.35. The molecule has 0 spiro atoms. The van der Waals surface area contributed by atoms with Crippen LogP contribution in [0.4, 0.5) is 0 Å². The molecule has 2 amide bonds. The van der Waals surface area contributed by atoms with E-state index in [-0.39, 0.29) is 30.8 Å². The average Bonchev–Trinajstić information content (AvgIpc) is 2.54. The lowest BCUT2D eigenvalue weighted by molar-refractivity contribution is -0.147. The van der Waals surface area contributed by atoms with Gasteiger partial charge in [-0.2, -0.15) is 0 Å². The number of carboxylic acid groups (broad SMARTS) is 1. The quantitative estimate of drug-likeness (QED) is 0.739. The first-order chi connectivity index (χ1) is 7.82. The Hall–Kier alpha value is -1.59. The van der Waals surface area contributed by atoms with E-state index in [0.29, 0.717) is 6.54 Å². The lowest BCUT2D eigenvalue weighted by atomic mass is 10.1. The zero-order valence-corrected chi connectivity index (χ0v) is 10.3. The Labute approximate surface area is 100 Å². The maximum absolute atomic E-state index is 12.1. The minimum Gasteiger partial charge on any atom is -0.480 e. The molecule has 6 heteroatoms. The van der Waals surface area contributed by atoms with Gasteiger partial charge in [0.05, 0.1) is 5.92 Å². The number of nitrogens with zero attached hydrogens (tertiary/aromatic N) is 2. The standard InChI is InChI=1S/C11H18N2O4/c1-7(2)13(6-10(15)16)11(17)8-4-9(14)12(3)5-8/h7-8H,4-6H2,1-3H3,(H,15,16). The largest absolute Gasteiger partial charge is 0.480 e. The van der Waals surface area contributed by atoms with E-state index < -0.39 is 11.9 Å². The van der Waals surface area contributed by atoms with Gasteiger partial charge in [-0.25, -0.2) is 0 Å². The molecule has 0 bridgehead atoms. The molecule has 6 nitrogen and oxygen atoms in total. The summed E-state index contributed by atoms with van der Waals surface area (Å²) in [6, 6.07) is -0.181. The summed E-state index contributed by atoms with van der Waals surface area (Å²) in [5.41, 5.74) is 0. The van der Waals surface area contributed by atoms with Gasteiger partial charge in [0, 0.05) is 26.1 Å². The Morgan fingerprint density at radius 3 is 2.47 bits per heavy atom. The summed E-state index contributed by atoms with van der Waals surface area (Å²) in [5, 5.41) is 8.76. The van der Waals surface area contributed by atoms with E-state index in [4.69, 9.17) is 5.11 Å². The Balaban J connectivity index is 2.72. The van der Waals surface area contributed by atoms with Crippen molar-refractivity contribution in [2.24, 2.45) is 5.92 Å². The predicted octanol–water partition coefficient (Wildman–Crippen LogP) is -0.214. The highest BCUT2D eigenvalue weighted by Crippen LogP contribution is 2.19. The fraction of sp³-hybridized carbons (Fsp3) is 0.727. The second kappa shape index (κ2) is 5.16. The topological polar surface area (TPSA) is 77.9 Å². The molecular weight excluding hydrogens is 224 g/mol. The molecule has 0 aliphatic carbocycles. The summed E-state index contributed by atoms with van der Waals surface area (Å²) < 4.78 is 0. The van der Waals surface area contributed by atoms with Crippen molar-refractivity contribution < 1.29 is 19.5 Å². The molecule has 0 radical (unpaired) electrons. The van der Waals surface area contributed by atoms with Crippen LogP contribution >= 0.6 is 0 Å². The SMILES string of the molecule is CC(C)N(CC(=O)O)C(=O)C1CC(=O)N(C)C1. The van der Waals surface area contributed by atoms with E-state index in [0.717, 1.165) is 0 Å². The van der Waals surface area contributed by atoms with Crippen LogP contribution in [-0.2, 0) is 14.4 Å². The van der Waals surface area contributed by atoms with Crippen LogP contribution in [0.1, 0.15) is 20.3 Å². The van der Waals surface area contributed by atoms with Crippen molar-refractivity contribution >= 4 is 17.8 Å². The highest BCUT2D eigenvalue weighted by molar-refractivity contribution is 5.90. The zero-order chi connectivity index (χ0) is 13.2. The average molecular weight is 242 g/mol. The number of carbonyl (C=O) groups is 3. The van der Waals surface area contributed by atoms with Crippen LogP contribution in [0.3, 0.4) is 0 Å². The molecule has 1 fully saturated rings. The van der Waals surface area contributed by atoms with Gasteiger partial charge in [0.1, 0.15) is 6.54 Å². The van der Waals surface area contributed by atoms with Crippen molar-refractivity contribution in [3.05, 3.63) is 0 Å². The van der Waals surface area contributed by atoms with Crippen LogP contribution in [0.15, 0.2) is 0 Å². The van der Waals surface area contributed by atoms with E-state index in [1.165, 1.54) is 9.80 Å². The van der Waals surface area contributed by atoms with E-state index in [2.05, 4.69) is 0 Å². The van der Waals surface area contributed by atoms with Gasteiger partial charge < -0.3 is 14.9 Å². The first kappa shape index (κ1) is 13.5. The van der Waals surface area contributed by atoms with Gasteiger partial charge in [-0.15, -0.1) is 0 Å². The van der Waals surface area contributed by atoms with Gasteiger partial charge in [0.2, 0.25) is 11.8 Å². The summed E-state index contributed by atoms with van der Waals surface area (Å²) in [7, 11) is 1.65. The summed E-state index contributed by atoms with van der Waals surface area (Å²) >= 11 is 0. The Morgan fingerprint density at radius 2 is 2.12 bits per heavy atom. The predicted molar refractivity (Wildman–Crippen MR) is 60.2 cm³/mol. The molecule has 1 aliphatic rings. The van der Waals surface area contributed by atoms with Crippen molar-refractivity contribution in [2.45, 2.75) is 26.3 Å². The minimum absolute atomic E-state index is 0.0672. The zero-order valence-electron chi connectivity index (χ0n) is 10.3. The molecule has 1 unspecified atom stereocenters. The van der Waals surface area contributed by atoms with Crippen molar-refractivity contribution in [3.8, 4) is 0 Å². The van der Waals surface area contributed by atoms with Gasteiger partial charge in [0.25, 0.3) is 0 Å². The second-order valence-electron chi connectivity index (χ2n) is 4.63. The van der Waals surface area contributed by atoms with E-state index in [1.54, 1.807) is 20.9 Å². The highest BCUT2D eigenvalue weighted by atomic mass is 16.4. The number of hydrogen-bond donors (Lipinski definition) is 1. The third kappa shape index (κ3) is 3.18. The third-order valence-corrected chi connectivity index (χ3v) is 2.90. The van der Waals surface area contributed by atoms with Gasteiger partial charge >= 0.3 is 5.97 Å². The maximum atomic E-state index is 12.1. The Bertz CT molecular complexity index is 340. The number of hydrogen-bond acceptors (Lipinski definition) is 3. The summed E-state index contributed by atoms with van der Waals surface area (Å²) in [6.45, 7) is 3.59. The number of aliphatic carboxylic acids is 1. The first-order valence-electron chi connectivity index (χ1n) is 5.59. The molecule has 0 aromatic rings. The smallest absolute Gasteiger partial charge is 0.323 e. The fourth-order valence-electron chi connectivity index (χ4n) is 1.92. The number of carbonyl (C=O) groups excluding carboxylic acids is 2. The van der Waals surface area contributed by atoms with E-state index >= 15 is 0 Å². The van der Waals surface area contributed by atoms with Crippen LogP contribution in [-0.4, -0.2) is 58.9 Å². The third-order valence-electron chi connectivity index (χ3n) is 2.90. The van der Waals surface area contributed by atoms with Crippen LogP contribution in [0.25, 0.3) is 0 Å². The molecule has 0 saturated carbocycles. The van der Waals surface area contributed by atoms with Gasteiger partial charge in [-0.3, -0.25) is 14.4 Å². The number of amides is 2. The maximum Gasteiger partial charge on any atom is 0.323 e. The summed E-state index contributed by atoms with van der Waals surface area (Å²) in [6.07, 6.45) is 0.179. The Kier molecular flexibility index (Phi) is 4.09. The summed E-state index contributed by atoms with van der Waals surface area (Å²) in [4.78, 5) is 36.9. The van der Waals surface area contributed by atoms with E-state index in [1.807, 2.05) is 0 Å². The lowest BCUT2D eigenvalue weighted by Gasteiger charge is -2.27. The van der Waals surface area contributed by atoms with Gasteiger partial charge in [-0.1, -0.05) is 0 Å². The molecule has 17 heavy (non-hydrogen) atoms. The minimum atomic E-state index is -1.04. The van der Waals surface area contributed by atoms with Crippen LogP contribution < -0.4 is 0 Å². The number of rotatable bonds is 4. The van der Waals surface area contributed by atoms with Crippen molar-refractivity contribution in [2.75, 3.05) is 20.1 Å². The fourth-order valence-corrected chi connectivity index (χ4v) is 1.92. The van der Waals surface area contributed by atoms with Gasteiger partial charge in [-0.05, 0) is 13.8 Å². The second-order valence-corrected chi connectivity index (χ2v) is 4.63. The molecule has 1 atom stereocenters. The molecule has 0 aromatic carbocycles. The monoisotopic (exact) mass is 242 g/mol. The van der Waals surface area contributed by atoms with Gasteiger partial charge in [0.15, 0.2) is 0 Å². The molecule has 1 heterocycles. The molecule has 1 saturated heterocycles. The lowest BCUT2D eigenvalue weighted by Crippen LogP contribution is -2.44. The number of likely N-dealkylation sites (tertiary alicyclic amines) is 1. The molecule has 0 aromatic heterocycles. The van der Waals surface area contributed by atoms with Crippen molar-refractivity contribution in [1.29, 1.82) is 0 Å². The molecule has 1 N–H and O–H groups in total. The Morgan fingerprint density at radius 1 is 1.53 bits per heavy atom. The normalized spacial score (nSPS) is 19.9. The van der Waals surface area contributed by atoms with Crippen LogP contribution in [0, 0.1) is 5.92 Å². The van der Waals surface area contributed by atoms with Crippen molar-refractivity contribution in [3.63, 3.8) is 0 Å². The first-order valence-corrected chi connectivity index (χ1v) is 5.59. The molecule has 1 rings (SSSR count). The number of carboxylic acids is 1. The molecule has 96 valence electrons. The molecule has 1 aliphatic heterocycles. The van der Waals surface area contributed by atoms with Crippen LogP contribution in [0.2, 0.25) is 0 Å². The van der Waals surface area contributed by atoms with E-state index in [9.17, 15) is 14.4 Å². The molecular formula is C11H18N2O4. The summed E-state index contributed by atoms with van der Waals surface area (Å²) in [5.74, 6) is -1.76. The van der Waals surface area contributed by atoms with Crippen LogP contribution in [0.5, 0.6) is 0 Å². The van der Waals surface area contributed by atoms with Crippen molar-refractivity contribution in [1.82, 2.24) is 9.80 Å².